The number of hydrogen-bond acceptors (Lipinski definition) is 5. The van der Waals surface area contributed by atoms with Gasteiger partial charge in [-0.05, 0) is 44.0 Å². The third-order valence-corrected chi connectivity index (χ3v) is 4.41. The molecule has 0 saturated carbocycles. The average molecular weight is 354 g/mol. The molecular formula is C19H18N2O5. The predicted molar refractivity (Wildman–Crippen MR) is 95.2 cm³/mol. The number of anilines is 1. The smallest absolute Gasteiger partial charge is 0.338 e. The summed E-state index contributed by atoms with van der Waals surface area (Å²) in [5, 5.41) is 10.9. The number of para-hydroxylation sites is 1. The highest BCUT2D eigenvalue weighted by Crippen LogP contribution is 2.28. The number of benzene rings is 2. The van der Waals surface area contributed by atoms with E-state index >= 15 is 0 Å². The lowest BCUT2D eigenvalue weighted by atomic mass is 10.1. The van der Waals surface area contributed by atoms with Crippen LogP contribution in [0.25, 0.3) is 0 Å². The molecule has 134 valence electrons. The van der Waals surface area contributed by atoms with Crippen molar-refractivity contribution in [2.45, 2.75) is 26.4 Å². The molecular weight excluding hydrogens is 336 g/mol. The van der Waals surface area contributed by atoms with Crippen LogP contribution in [-0.4, -0.2) is 29.4 Å². The Balaban J connectivity index is 1.71. The van der Waals surface area contributed by atoms with Crippen molar-refractivity contribution in [2.24, 2.45) is 0 Å². The molecule has 3 rings (SSSR count). The third kappa shape index (κ3) is 3.28. The highest BCUT2D eigenvalue weighted by molar-refractivity contribution is 6.00. The molecule has 0 radical (unpaired) electrons. The van der Waals surface area contributed by atoms with Gasteiger partial charge in [0.25, 0.3) is 11.6 Å². The Morgan fingerprint density at radius 2 is 1.96 bits per heavy atom. The van der Waals surface area contributed by atoms with Crippen molar-refractivity contribution in [3.63, 3.8) is 0 Å². The van der Waals surface area contributed by atoms with Gasteiger partial charge in [-0.15, -0.1) is 0 Å². The summed E-state index contributed by atoms with van der Waals surface area (Å²) in [5.74, 6) is -0.974. The molecule has 0 unspecified atom stereocenters. The first kappa shape index (κ1) is 17.6. The first-order valence-electron chi connectivity index (χ1n) is 8.24. The van der Waals surface area contributed by atoms with Crippen molar-refractivity contribution in [3.8, 4) is 0 Å². The van der Waals surface area contributed by atoms with Gasteiger partial charge < -0.3 is 9.64 Å². The summed E-state index contributed by atoms with van der Waals surface area (Å²) in [7, 11) is 0. The first-order valence-corrected chi connectivity index (χ1v) is 8.24. The molecule has 0 bridgehead atoms. The summed E-state index contributed by atoms with van der Waals surface area (Å²) in [6.45, 7) is 3.63. The largest absolute Gasteiger partial charge is 0.449 e. The monoisotopic (exact) mass is 354 g/mol. The number of ether oxygens (including phenoxy) is 1. The number of rotatable bonds is 4. The Hall–Kier alpha value is -3.22. The fourth-order valence-corrected chi connectivity index (χ4v) is 3.05. The van der Waals surface area contributed by atoms with Crippen molar-refractivity contribution < 1.29 is 19.2 Å². The molecule has 0 spiro atoms. The Bertz CT molecular complexity index is 893. The Morgan fingerprint density at radius 3 is 2.65 bits per heavy atom. The summed E-state index contributed by atoms with van der Waals surface area (Å²) in [5.41, 5.74) is 2.39. The summed E-state index contributed by atoms with van der Waals surface area (Å²) >= 11 is 0. The molecule has 7 nitrogen and oxygen atoms in total. The van der Waals surface area contributed by atoms with Crippen LogP contribution < -0.4 is 4.90 Å². The Morgan fingerprint density at radius 1 is 1.23 bits per heavy atom. The number of nitro benzene ring substituents is 1. The first-order chi connectivity index (χ1) is 12.4. The molecule has 0 saturated heterocycles. The lowest BCUT2D eigenvalue weighted by Gasteiger charge is -2.21. The van der Waals surface area contributed by atoms with Crippen molar-refractivity contribution in [2.75, 3.05) is 11.4 Å². The molecule has 2 aromatic rings. The summed E-state index contributed by atoms with van der Waals surface area (Å²) in [4.78, 5) is 36.9. The van der Waals surface area contributed by atoms with Crippen LogP contribution in [0.3, 0.4) is 0 Å². The molecule has 1 heterocycles. The van der Waals surface area contributed by atoms with E-state index in [1.165, 1.54) is 25.1 Å². The topological polar surface area (TPSA) is 89.8 Å². The van der Waals surface area contributed by atoms with E-state index in [1.54, 1.807) is 11.8 Å². The minimum atomic E-state index is -0.954. The minimum Gasteiger partial charge on any atom is -0.449 e. The second-order valence-electron chi connectivity index (χ2n) is 6.17. The fourth-order valence-electron chi connectivity index (χ4n) is 3.05. The third-order valence-electron chi connectivity index (χ3n) is 4.41. The fraction of sp³-hybridized carbons (Fsp3) is 0.263. The van der Waals surface area contributed by atoms with E-state index in [-0.39, 0.29) is 17.2 Å². The zero-order valence-electron chi connectivity index (χ0n) is 14.5. The van der Waals surface area contributed by atoms with Gasteiger partial charge in [0, 0.05) is 23.9 Å². The molecule has 2 aromatic carbocycles. The number of nitrogens with zero attached hydrogens (tertiary/aromatic N) is 2. The van der Waals surface area contributed by atoms with E-state index in [4.69, 9.17) is 4.74 Å². The van der Waals surface area contributed by atoms with Crippen LogP contribution in [0.1, 0.15) is 28.4 Å². The van der Waals surface area contributed by atoms with Gasteiger partial charge in [0.15, 0.2) is 6.10 Å². The van der Waals surface area contributed by atoms with E-state index in [2.05, 4.69) is 0 Å². The van der Waals surface area contributed by atoms with Gasteiger partial charge in [0.1, 0.15) is 0 Å². The van der Waals surface area contributed by atoms with E-state index in [9.17, 15) is 19.7 Å². The number of esters is 1. The van der Waals surface area contributed by atoms with Gasteiger partial charge in [-0.3, -0.25) is 14.9 Å². The van der Waals surface area contributed by atoms with Crippen LogP contribution in [0.4, 0.5) is 11.4 Å². The number of aryl methyl sites for hydroxylation is 1. The maximum absolute atomic E-state index is 12.6. The SMILES string of the molecule is Cc1cc(C(=O)O[C@@H](C)C(=O)N2CCc3ccccc32)ccc1[N+](=O)[O-]. The van der Waals surface area contributed by atoms with E-state index < -0.39 is 17.0 Å². The molecule has 0 N–H and O–H groups in total. The molecule has 7 heteroatoms. The average Bonchev–Trinajstić information content (AvgIpc) is 3.04. The second-order valence-corrected chi connectivity index (χ2v) is 6.17. The Labute approximate surface area is 150 Å². The van der Waals surface area contributed by atoms with Gasteiger partial charge in [-0.2, -0.15) is 0 Å². The van der Waals surface area contributed by atoms with Crippen molar-refractivity contribution in [1.29, 1.82) is 0 Å². The molecule has 1 amide bonds. The normalized spacial score (nSPS) is 13.8. The van der Waals surface area contributed by atoms with Gasteiger partial charge in [0.2, 0.25) is 0 Å². The number of carbonyl (C=O) groups is 2. The van der Waals surface area contributed by atoms with Crippen LogP contribution in [0.5, 0.6) is 0 Å². The summed E-state index contributed by atoms with van der Waals surface area (Å²) in [6, 6.07) is 11.6. The van der Waals surface area contributed by atoms with E-state index in [0.717, 1.165) is 17.7 Å². The van der Waals surface area contributed by atoms with Crippen molar-refractivity contribution >= 4 is 23.3 Å². The number of carbonyl (C=O) groups excluding carboxylic acids is 2. The molecule has 0 aromatic heterocycles. The summed E-state index contributed by atoms with van der Waals surface area (Å²) in [6.07, 6.45) is -0.187. The maximum atomic E-state index is 12.6. The number of hydrogen-bond donors (Lipinski definition) is 0. The minimum absolute atomic E-state index is 0.0700. The quantitative estimate of drug-likeness (QED) is 0.478. The van der Waals surface area contributed by atoms with Gasteiger partial charge in [-0.25, -0.2) is 4.79 Å². The van der Waals surface area contributed by atoms with Gasteiger partial charge in [-0.1, -0.05) is 18.2 Å². The molecule has 1 aliphatic heterocycles. The number of amides is 1. The summed E-state index contributed by atoms with van der Waals surface area (Å²) < 4.78 is 5.28. The molecule has 26 heavy (non-hydrogen) atoms. The molecule has 0 fully saturated rings. The highest BCUT2D eigenvalue weighted by Gasteiger charge is 2.30. The lowest BCUT2D eigenvalue weighted by molar-refractivity contribution is -0.385. The zero-order valence-corrected chi connectivity index (χ0v) is 14.5. The maximum Gasteiger partial charge on any atom is 0.338 e. The van der Waals surface area contributed by atoms with Crippen molar-refractivity contribution in [1.82, 2.24) is 0 Å². The van der Waals surface area contributed by atoms with Crippen LogP contribution in [0.15, 0.2) is 42.5 Å². The van der Waals surface area contributed by atoms with Crippen molar-refractivity contribution in [3.05, 3.63) is 69.3 Å². The molecule has 1 aliphatic rings. The second kappa shape index (κ2) is 6.95. The molecule has 0 aliphatic carbocycles. The van der Waals surface area contributed by atoms with Gasteiger partial charge in [0.05, 0.1) is 10.5 Å². The Kier molecular flexibility index (Phi) is 4.71. The van der Waals surface area contributed by atoms with Crippen LogP contribution >= 0.6 is 0 Å². The standard InChI is InChI=1S/C19H18N2O5/c1-12-11-15(7-8-16(12)21(24)25)19(23)26-13(2)18(22)20-10-9-14-5-3-4-6-17(14)20/h3-8,11,13H,9-10H2,1-2H3/t13-/m0/s1. The highest BCUT2D eigenvalue weighted by atomic mass is 16.6. The van der Waals surface area contributed by atoms with Crippen LogP contribution in [0, 0.1) is 17.0 Å². The number of fused-ring (bicyclic) bond motifs is 1. The van der Waals surface area contributed by atoms with Crippen LogP contribution in [-0.2, 0) is 16.0 Å². The van der Waals surface area contributed by atoms with Crippen LogP contribution in [0.2, 0.25) is 0 Å². The number of nitro groups is 1. The predicted octanol–water partition coefficient (Wildman–Crippen LogP) is 3.04. The molecule has 1 atom stereocenters. The van der Waals surface area contributed by atoms with E-state index in [1.807, 2.05) is 24.3 Å². The lowest BCUT2D eigenvalue weighted by Crippen LogP contribution is -2.39. The van der Waals surface area contributed by atoms with Gasteiger partial charge >= 0.3 is 5.97 Å². The zero-order chi connectivity index (χ0) is 18.8. The van der Waals surface area contributed by atoms with E-state index in [0.29, 0.717) is 12.1 Å².